The average Bonchev–Trinajstić information content (AvgIpc) is 2.96. The molecule has 6 nitrogen and oxygen atoms in total. The lowest BCUT2D eigenvalue weighted by molar-refractivity contribution is -0.123. The Morgan fingerprint density at radius 2 is 1.75 bits per heavy atom. The van der Waals surface area contributed by atoms with Crippen molar-refractivity contribution in [3.8, 4) is 0 Å². The minimum atomic E-state index is -0.982. The van der Waals surface area contributed by atoms with Crippen molar-refractivity contribution in [3.05, 3.63) is 65.0 Å². The van der Waals surface area contributed by atoms with Crippen molar-refractivity contribution in [2.45, 2.75) is 39.9 Å². The molecule has 1 heterocycles. The number of anilines is 1. The van der Waals surface area contributed by atoms with E-state index in [4.69, 9.17) is 4.74 Å². The number of carbonyl (C=O) groups excluding carboxylic acids is 2. The first kappa shape index (κ1) is 19.6. The van der Waals surface area contributed by atoms with Gasteiger partial charge in [0, 0.05) is 22.3 Å². The minimum absolute atomic E-state index is 0.248. The van der Waals surface area contributed by atoms with Gasteiger partial charge in [-0.3, -0.25) is 4.79 Å². The van der Waals surface area contributed by atoms with Crippen molar-refractivity contribution in [1.82, 2.24) is 4.98 Å². The van der Waals surface area contributed by atoms with Gasteiger partial charge in [-0.15, -0.1) is 0 Å². The summed E-state index contributed by atoms with van der Waals surface area (Å²) in [6.45, 7) is 6.68. The van der Waals surface area contributed by atoms with Gasteiger partial charge in [0.2, 0.25) is 0 Å². The highest BCUT2D eigenvalue weighted by molar-refractivity contribution is 6.04. The maximum Gasteiger partial charge on any atom is 0.355 e. The largest absolute Gasteiger partial charge is 0.448 e. The molecule has 3 aromatic rings. The maximum absolute atomic E-state index is 12.5. The monoisotopic (exact) mass is 380 g/mol. The molecule has 0 aliphatic carbocycles. The fourth-order valence-electron chi connectivity index (χ4n) is 3.44. The van der Waals surface area contributed by atoms with Crippen molar-refractivity contribution >= 4 is 28.3 Å². The van der Waals surface area contributed by atoms with Crippen LogP contribution in [0, 0.1) is 13.8 Å². The first-order valence-corrected chi connectivity index (χ1v) is 9.16. The molecule has 2 atom stereocenters. The zero-order chi connectivity index (χ0) is 20.4. The summed E-state index contributed by atoms with van der Waals surface area (Å²) in [6.07, 6.45) is -1.69. The molecule has 0 saturated carbocycles. The molecule has 0 fully saturated rings. The van der Waals surface area contributed by atoms with Crippen molar-refractivity contribution in [1.29, 1.82) is 0 Å². The van der Waals surface area contributed by atoms with Crippen LogP contribution >= 0.6 is 0 Å². The Morgan fingerprint density at radius 1 is 1.07 bits per heavy atom. The number of aliphatic hydroxyl groups is 1. The molecule has 0 unspecified atom stereocenters. The summed E-state index contributed by atoms with van der Waals surface area (Å²) in [5.41, 5.74) is 2.90. The van der Waals surface area contributed by atoms with E-state index in [-0.39, 0.29) is 5.69 Å². The molecule has 0 bridgehead atoms. The van der Waals surface area contributed by atoms with Crippen LogP contribution < -0.4 is 5.32 Å². The maximum atomic E-state index is 12.5. The van der Waals surface area contributed by atoms with Crippen LogP contribution in [0.4, 0.5) is 5.69 Å². The molecule has 3 N–H and O–H groups in total. The summed E-state index contributed by atoms with van der Waals surface area (Å²) in [4.78, 5) is 28.0. The lowest BCUT2D eigenvalue weighted by atomic mass is 10.1. The molecule has 1 amide bonds. The number of esters is 1. The first-order valence-electron chi connectivity index (χ1n) is 9.16. The van der Waals surface area contributed by atoms with Crippen LogP contribution in [0.2, 0.25) is 0 Å². The normalized spacial score (nSPS) is 13.2. The third kappa shape index (κ3) is 3.77. The van der Waals surface area contributed by atoms with Gasteiger partial charge in [0.15, 0.2) is 6.10 Å². The van der Waals surface area contributed by atoms with Crippen molar-refractivity contribution < 1.29 is 19.4 Å². The fourth-order valence-corrected chi connectivity index (χ4v) is 3.44. The van der Waals surface area contributed by atoms with Gasteiger partial charge in [0.1, 0.15) is 5.69 Å². The Hall–Kier alpha value is -3.12. The van der Waals surface area contributed by atoms with E-state index < -0.39 is 24.1 Å². The number of aliphatic hydroxyl groups excluding tert-OH is 1. The van der Waals surface area contributed by atoms with Crippen LogP contribution in [-0.4, -0.2) is 28.1 Å². The van der Waals surface area contributed by atoms with Gasteiger partial charge in [0.25, 0.3) is 5.91 Å². The Bertz CT molecular complexity index is 1030. The molecule has 28 heavy (non-hydrogen) atoms. The number of ether oxygens (including phenoxy) is 1. The summed E-state index contributed by atoms with van der Waals surface area (Å²) >= 11 is 0. The fraction of sp³-hybridized carbons (Fsp3) is 0.273. The van der Waals surface area contributed by atoms with E-state index in [9.17, 15) is 14.7 Å². The molecule has 2 aromatic carbocycles. The first-order chi connectivity index (χ1) is 13.3. The number of aromatic amines is 1. The van der Waals surface area contributed by atoms with Crippen molar-refractivity contribution in [3.63, 3.8) is 0 Å². The Morgan fingerprint density at radius 3 is 2.43 bits per heavy atom. The zero-order valence-corrected chi connectivity index (χ0v) is 16.4. The average molecular weight is 380 g/mol. The molecule has 0 spiro atoms. The number of hydrogen-bond donors (Lipinski definition) is 3. The van der Waals surface area contributed by atoms with Crippen LogP contribution in [0.5, 0.6) is 0 Å². The van der Waals surface area contributed by atoms with E-state index in [0.29, 0.717) is 22.5 Å². The number of hydrogen-bond acceptors (Lipinski definition) is 4. The second-order valence-electron chi connectivity index (χ2n) is 6.90. The molecule has 146 valence electrons. The molecule has 0 aliphatic rings. The van der Waals surface area contributed by atoms with E-state index in [2.05, 4.69) is 10.3 Å². The second kappa shape index (κ2) is 7.86. The number of nitrogens with one attached hydrogen (secondary N) is 2. The number of amides is 1. The van der Waals surface area contributed by atoms with E-state index in [1.165, 1.54) is 6.92 Å². The third-order valence-electron chi connectivity index (χ3n) is 4.82. The molecule has 0 radical (unpaired) electrons. The topological polar surface area (TPSA) is 91.4 Å². The van der Waals surface area contributed by atoms with E-state index in [0.717, 1.165) is 10.8 Å². The van der Waals surface area contributed by atoms with Gasteiger partial charge in [-0.1, -0.05) is 36.4 Å². The SMILES string of the molecule is Cc1[nH]c(C(=O)O[C@H](C)C(=O)Nc2cccc3ccccc23)c(C)c1[C@H](C)O. The molecular formula is C22H24N2O4. The van der Waals surface area contributed by atoms with E-state index in [1.54, 1.807) is 20.8 Å². The van der Waals surface area contributed by atoms with Gasteiger partial charge in [-0.25, -0.2) is 4.79 Å². The van der Waals surface area contributed by atoms with Crippen LogP contribution in [0.25, 0.3) is 10.8 Å². The molecule has 0 aliphatic heterocycles. The highest BCUT2D eigenvalue weighted by Gasteiger charge is 2.25. The van der Waals surface area contributed by atoms with Crippen LogP contribution in [0.3, 0.4) is 0 Å². The number of aromatic nitrogens is 1. The van der Waals surface area contributed by atoms with Gasteiger partial charge in [-0.2, -0.15) is 0 Å². The van der Waals surface area contributed by atoms with Gasteiger partial charge < -0.3 is 20.1 Å². The van der Waals surface area contributed by atoms with Gasteiger partial charge >= 0.3 is 5.97 Å². The zero-order valence-electron chi connectivity index (χ0n) is 16.4. The standard InChI is InChI=1S/C22H24N2O4/c1-12-19(14(3)25)13(2)23-20(12)22(27)28-15(4)21(26)24-18-11-7-9-16-8-5-6-10-17(16)18/h5-11,14-15,23,25H,1-4H3,(H,24,26)/t14-,15+/m0/s1. The number of carbonyl (C=O) groups is 2. The number of fused-ring (bicyclic) bond motifs is 1. The highest BCUT2D eigenvalue weighted by atomic mass is 16.5. The third-order valence-corrected chi connectivity index (χ3v) is 4.82. The molecular weight excluding hydrogens is 356 g/mol. The minimum Gasteiger partial charge on any atom is -0.448 e. The van der Waals surface area contributed by atoms with E-state index in [1.807, 2.05) is 42.5 Å². The Balaban J connectivity index is 1.74. The predicted octanol–water partition coefficient (Wildman–Crippen LogP) is 4.02. The number of aryl methyl sites for hydroxylation is 1. The Kier molecular flexibility index (Phi) is 5.51. The predicted molar refractivity (Wildman–Crippen MR) is 108 cm³/mol. The molecule has 3 rings (SSSR count). The van der Waals surface area contributed by atoms with Crippen LogP contribution in [0.15, 0.2) is 42.5 Å². The number of rotatable bonds is 5. The van der Waals surface area contributed by atoms with Crippen molar-refractivity contribution in [2.24, 2.45) is 0 Å². The summed E-state index contributed by atoms with van der Waals surface area (Å²) in [5, 5.41) is 14.6. The summed E-state index contributed by atoms with van der Waals surface area (Å²) in [6, 6.07) is 13.3. The molecule has 1 aromatic heterocycles. The number of H-pyrrole nitrogens is 1. The summed E-state index contributed by atoms with van der Waals surface area (Å²) in [7, 11) is 0. The lowest BCUT2D eigenvalue weighted by Crippen LogP contribution is -2.30. The summed E-state index contributed by atoms with van der Waals surface area (Å²) < 4.78 is 5.35. The van der Waals surface area contributed by atoms with Crippen molar-refractivity contribution in [2.75, 3.05) is 5.32 Å². The quantitative estimate of drug-likeness (QED) is 0.583. The van der Waals surface area contributed by atoms with E-state index >= 15 is 0 Å². The second-order valence-corrected chi connectivity index (χ2v) is 6.90. The molecule has 6 heteroatoms. The smallest absolute Gasteiger partial charge is 0.355 e. The van der Waals surface area contributed by atoms with Crippen LogP contribution in [-0.2, 0) is 9.53 Å². The summed E-state index contributed by atoms with van der Waals surface area (Å²) in [5.74, 6) is -1.05. The van der Waals surface area contributed by atoms with Gasteiger partial charge in [-0.05, 0) is 44.7 Å². The Labute approximate surface area is 163 Å². The molecule has 0 saturated heterocycles. The lowest BCUT2D eigenvalue weighted by Gasteiger charge is -2.15. The highest BCUT2D eigenvalue weighted by Crippen LogP contribution is 2.26. The number of benzene rings is 2. The van der Waals surface area contributed by atoms with Gasteiger partial charge in [0.05, 0.1) is 6.10 Å². The van der Waals surface area contributed by atoms with Crippen LogP contribution in [0.1, 0.15) is 47.3 Å².